The van der Waals surface area contributed by atoms with E-state index in [-0.39, 0.29) is 6.61 Å². The summed E-state index contributed by atoms with van der Waals surface area (Å²) in [6, 6.07) is 10.5. The predicted molar refractivity (Wildman–Crippen MR) is 123 cm³/mol. The molecule has 0 amide bonds. The van der Waals surface area contributed by atoms with E-state index in [4.69, 9.17) is 4.55 Å². The molecule has 3 rings (SSSR count). The fourth-order valence-corrected chi connectivity index (χ4v) is 4.21. The fourth-order valence-electron chi connectivity index (χ4n) is 3.88. The highest BCUT2D eigenvalue weighted by molar-refractivity contribution is 7.80. The Morgan fingerprint density at radius 2 is 1.35 bits per heavy atom. The van der Waals surface area contributed by atoms with Crippen LogP contribution in [0.3, 0.4) is 0 Å². The molecular formula is C23H33N3O4S. The summed E-state index contributed by atoms with van der Waals surface area (Å²) in [5.74, 6) is 0. The van der Waals surface area contributed by atoms with Crippen molar-refractivity contribution in [2.75, 3.05) is 6.61 Å². The molecule has 4 N–H and O–H groups in total. The molecule has 0 saturated carbocycles. The minimum Gasteiger partial charge on any atom is -0.360 e. The van der Waals surface area contributed by atoms with Gasteiger partial charge in [0, 0.05) is 12.4 Å². The summed E-state index contributed by atoms with van der Waals surface area (Å²) in [6.45, 7) is 0.0635. The highest BCUT2D eigenvalue weighted by Crippen LogP contribution is 2.28. The number of aromatic nitrogens is 3. The van der Waals surface area contributed by atoms with Crippen molar-refractivity contribution >= 4 is 10.4 Å². The molecule has 0 spiro atoms. The standard InChI is InChI=1S/C23H33N3O4S/c27-31(28,29)30-17-9-7-5-3-1-2-4-6-8-12-19-18-22(20-13-10-15-24-20)26-23(19)21-14-11-16-25-21/h10-11,13-16,18,24-26H,1-9,12,17H2,(H,27,28,29). The number of nitrogens with one attached hydrogen (secondary N) is 3. The van der Waals surface area contributed by atoms with Crippen molar-refractivity contribution in [3.8, 4) is 22.8 Å². The molecule has 170 valence electrons. The van der Waals surface area contributed by atoms with Crippen molar-refractivity contribution in [3.63, 3.8) is 0 Å². The van der Waals surface area contributed by atoms with Crippen LogP contribution in [0, 0.1) is 0 Å². The van der Waals surface area contributed by atoms with Gasteiger partial charge >= 0.3 is 10.4 Å². The first kappa shape index (κ1) is 23.4. The zero-order chi connectivity index (χ0) is 21.9. The van der Waals surface area contributed by atoms with Gasteiger partial charge in [0.1, 0.15) is 0 Å². The van der Waals surface area contributed by atoms with Crippen molar-refractivity contribution in [1.82, 2.24) is 15.0 Å². The van der Waals surface area contributed by atoms with Crippen LogP contribution < -0.4 is 0 Å². The van der Waals surface area contributed by atoms with Gasteiger partial charge in [-0.25, -0.2) is 4.18 Å². The first-order valence-electron chi connectivity index (χ1n) is 11.1. The van der Waals surface area contributed by atoms with Crippen molar-refractivity contribution in [1.29, 1.82) is 0 Å². The number of aromatic amines is 3. The summed E-state index contributed by atoms with van der Waals surface area (Å²) in [7, 11) is -4.29. The molecule has 3 aromatic rings. The van der Waals surface area contributed by atoms with Gasteiger partial charge in [0.25, 0.3) is 0 Å². The lowest BCUT2D eigenvalue weighted by molar-refractivity contribution is 0.261. The van der Waals surface area contributed by atoms with Crippen LogP contribution in [-0.4, -0.2) is 34.5 Å². The molecule has 7 nitrogen and oxygen atoms in total. The Balaban J connectivity index is 1.32. The van der Waals surface area contributed by atoms with Gasteiger partial charge in [-0.2, -0.15) is 8.42 Å². The van der Waals surface area contributed by atoms with Crippen molar-refractivity contribution in [2.24, 2.45) is 0 Å². The molecule has 0 radical (unpaired) electrons. The molecule has 0 aliphatic carbocycles. The molecule has 8 heteroatoms. The lowest BCUT2D eigenvalue weighted by atomic mass is 10.0. The smallest absolute Gasteiger partial charge is 0.360 e. The minimum absolute atomic E-state index is 0.0635. The summed E-state index contributed by atoms with van der Waals surface area (Å²) < 4.78 is 33.7. The molecular weight excluding hydrogens is 414 g/mol. The number of aryl methyl sites for hydroxylation is 1. The predicted octanol–water partition coefficient (Wildman–Crippen LogP) is 5.88. The van der Waals surface area contributed by atoms with E-state index in [0.29, 0.717) is 6.42 Å². The summed E-state index contributed by atoms with van der Waals surface area (Å²) in [5.41, 5.74) is 5.86. The molecule has 0 unspecified atom stereocenters. The zero-order valence-corrected chi connectivity index (χ0v) is 18.7. The molecule has 0 aromatic carbocycles. The van der Waals surface area contributed by atoms with Crippen molar-refractivity contribution in [3.05, 3.63) is 48.3 Å². The SMILES string of the molecule is O=S(=O)(O)OCCCCCCCCCCCc1cc(-c2ccc[nH]2)[nH]c1-c1ccc[nH]1. The van der Waals surface area contributed by atoms with Crippen LogP contribution >= 0.6 is 0 Å². The van der Waals surface area contributed by atoms with E-state index in [1.807, 2.05) is 24.5 Å². The molecule has 0 atom stereocenters. The highest BCUT2D eigenvalue weighted by atomic mass is 32.3. The van der Waals surface area contributed by atoms with Gasteiger partial charge in [0.15, 0.2) is 0 Å². The lowest BCUT2D eigenvalue weighted by Crippen LogP contribution is -2.04. The van der Waals surface area contributed by atoms with Crippen LogP contribution in [0.4, 0.5) is 0 Å². The number of H-pyrrole nitrogens is 3. The molecule has 0 saturated heterocycles. The second-order valence-electron chi connectivity index (χ2n) is 7.93. The van der Waals surface area contributed by atoms with Gasteiger partial charge in [-0.1, -0.05) is 44.9 Å². The Morgan fingerprint density at radius 1 is 0.774 bits per heavy atom. The van der Waals surface area contributed by atoms with Gasteiger partial charge in [0.2, 0.25) is 0 Å². The number of hydrogen-bond donors (Lipinski definition) is 4. The van der Waals surface area contributed by atoms with Gasteiger partial charge in [-0.3, -0.25) is 4.55 Å². The highest BCUT2D eigenvalue weighted by Gasteiger charge is 2.12. The van der Waals surface area contributed by atoms with Gasteiger partial charge in [-0.15, -0.1) is 0 Å². The van der Waals surface area contributed by atoms with Gasteiger partial charge in [-0.05, 0) is 55.2 Å². The van der Waals surface area contributed by atoms with Crippen molar-refractivity contribution < 1.29 is 17.2 Å². The number of rotatable bonds is 15. The molecule has 3 heterocycles. The monoisotopic (exact) mass is 447 g/mol. The molecule has 0 aliphatic heterocycles. The molecule has 0 fully saturated rings. The summed E-state index contributed by atoms with van der Waals surface area (Å²) in [4.78, 5) is 10.1. The Morgan fingerprint density at radius 3 is 1.94 bits per heavy atom. The van der Waals surface area contributed by atoms with E-state index in [1.54, 1.807) is 0 Å². The maximum atomic E-state index is 10.4. The number of unbranched alkanes of at least 4 members (excludes halogenated alkanes) is 8. The van der Waals surface area contributed by atoms with E-state index in [1.165, 1.54) is 43.4 Å². The maximum absolute atomic E-state index is 10.4. The maximum Gasteiger partial charge on any atom is 0.397 e. The third-order valence-electron chi connectivity index (χ3n) is 5.48. The Hall–Kier alpha value is -2.29. The van der Waals surface area contributed by atoms with Crippen molar-refractivity contribution in [2.45, 2.75) is 64.2 Å². The molecule has 0 bridgehead atoms. The lowest BCUT2D eigenvalue weighted by Gasteiger charge is -2.04. The van der Waals surface area contributed by atoms with Crippen LogP contribution in [0.5, 0.6) is 0 Å². The number of hydrogen-bond acceptors (Lipinski definition) is 3. The summed E-state index contributed by atoms with van der Waals surface area (Å²) in [5, 5.41) is 0. The Bertz CT molecular complexity index is 976. The largest absolute Gasteiger partial charge is 0.397 e. The summed E-state index contributed by atoms with van der Waals surface area (Å²) >= 11 is 0. The first-order chi connectivity index (χ1) is 15.0. The second kappa shape index (κ2) is 11.9. The van der Waals surface area contributed by atoms with E-state index >= 15 is 0 Å². The normalized spacial score (nSPS) is 11.9. The van der Waals surface area contributed by atoms with E-state index in [9.17, 15) is 8.42 Å². The average molecular weight is 448 g/mol. The van der Waals surface area contributed by atoms with E-state index < -0.39 is 10.4 Å². The third-order valence-corrected chi connectivity index (χ3v) is 5.94. The minimum atomic E-state index is -4.29. The molecule has 0 aliphatic rings. The average Bonchev–Trinajstić information content (AvgIpc) is 3.48. The zero-order valence-electron chi connectivity index (χ0n) is 17.9. The Kier molecular flexibility index (Phi) is 8.99. The molecule has 3 aromatic heterocycles. The fraction of sp³-hybridized carbons (Fsp3) is 0.478. The Labute approximate surface area is 184 Å². The second-order valence-corrected chi connectivity index (χ2v) is 9.02. The summed E-state index contributed by atoms with van der Waals surface area (Å²) in [6.07, 6.45) is 14.8. The van der Waals surface area contributed by atoms with Crippen LogP contribution in [-0.2, 0) is 21.0 Å². The van der Waals surface area contributed by atoms with Gasteiger partial charge in [0.05, 0.1) is 29.4 Å². The van der Waals surface area contributed by atoms with Crippen LogP contribution in [0.25, 0.3) is 22.8 Å². The molecule has 31 heavy (non-hydrogen) atoms. The van der Waals surface area contributed by atoms with E-state index in [0.717, 1.165) is 42.8 Å². The van der Waals surface area contributed by atoms with Crippen LogP contribution in [0.2, 0.25) is 0 Å². The van der Waals surface area contributed by atoms with E-state index in [2.05, 4.69) is 37.3 Å². The van der Waals surface area contributed by atoms with Gasteiger partial charge < -0.3 is 15.0 Å². The first-order valence-corrected chi connectivity index (χ1v) is 12.5. The quantitative estimate of drug-likeness (QED) is 0.172. The third kappa shape index (κ3) is 8.05. The van der Waals surface area contributed by atoms with Crippen LogP contribution in [0.15, 0.2) is 42.7 Å². The van der Waals surface area contributed by atoms with Crippen LogP contribution in [0.1, 0.15) is 63.4 Å². The topological polar surface area (TPSA) is 111 Å².